The standard InChI is InChI=1S/C21H25FN2O2/c22-18-10-6-17(7-11-18)15-26-20-12-8-16(9-13-20)14-23-21(25)24-19-4-2-1-3-5-19/h6-13,19H,1-5,14-15H2,(H2,23,24,25). The number of amides is 2. The molecule has 0 saturated heterocycles. The van der Waals surface area contributed by atoms with E-state index in [9.17, 15) is 9.18 Å². The third-order valence-corrected chi connectivity index (χ3v) is 4.64. The topological polar surface area (TPSA) is 50.4 Å². The van der Waals surface area contributed by atoms with Gasteiger partial charge in [-0.2, -0.15) is 0 Å². The average molecular weight is 356 g/mol. The van der Waals surface area contributed by atoms with Crippen LogP contribution in [0.2, 0.25) is 0 Å². The van der Waals surface area contributed by atoms with Gasteiger partial charge in [-0.05, 0) is 48.2 Å². The fraction of sp³-hybridized carbons (Fsp3) is 0.381. The molecule has 2 aromatic carbocycles. The first-order valence-electron chi connectivity index (χ1n) is 9.19. The summed E-state index contributed by atoms with van der Waals surface area (Å²) in [6, 6.07) is 14.1. The normalized spacial score (nSPS) is 14.7. The number of carbonyl (C=O) groups excluding carboxylic acids is 1. The molecule has 1 saturated carbocycles. The molecular formula is C21H25FN2O2. The first kappa shape index (κ1) is 18.2. The van der Waals surface area contributed by atoms with Crippen LogP contribution in [0.1, 0.15) is 43.2 Å². The van der Waals surface area contributed by atoms with E-state index in [1.165, 1.54) is 31.4 Å². The molecule has 26 heavy (non-hydrogen) atoms. The number of benzene rings is 2. The van der Waals surface area contributed by atoms with Crippen molar-refractivity contribution in [1.82, 2.24) is 10.6 Å². The van der Waals surface area contributed by atoms with Gasteiger partial charge in [0.25, 0.3) is 0 Å². The smallest absolute Gasteiger partial charge is 0.315 e. The average Bonchev–Trinajstić information content (AvgIpc) is 2.67. The molecule has 0 radical (unpaired) electrons. The number of carbonyl (C=O) groups is 1. The van der Waals surface area contributed by atoms with Crippen molar-refractivity contribution in [3.8, 4) is 5.75 Å². The minimum Gasteiger partial charge on any atom is -0.489 e. The summed E-state index contributed by atoms with van der Waals surface area (Å²) in [6.45, 7) is 0.873. The van der Waals surface area contributed by atoms with E-state index >= 15 is 0 Å². The third-order valence-electron chi connectivity index (χ3n) is 4.64. The summed E-state index contributed by atoms with van der Waals surface area (Å²) in [4.78, 5) is 12.0. The molecule has 3 rings (SSSR count). The van der Waals surface area contributed by atoms with Crippen molar-refractivity contribution in [3.63, 3.8) is 0 Å². The van der Waals surface area contributed by atoms with Crippen LogP contribution >= 0.6 is 0 Å². The molecule has 1 aliphatic rings. The zero-order valence-electron chi connectivity index (χ0n) is 14.8. The minimum atomic E-state index is -0.252. The molecule has 0 atom stereocenters. The number of nitrogens with one attached hydrogen (secondary N) is 2. The van der Waals surface area contributed by atoms with E-state index in [2.05, 4.69) is 10.6 Å². The van der Waals surface area contributed by atoms with Gasteiger partial charge >= 0.3 is 6.03 Å². The lowest BCUT2D eigenvalue weighted by molar-refractivity contribution is 0.232. The summed E-state index contributed by atoms with van der Waals surface area (Å²) >= 11 is 0. The SMILES string of the molecule is O=C(NCc1ccc(OCc2ccc(F)cc2)cc1)NC1CCCCC1. The first-order chi connectivity index (χ1) is 12.7. The monoisotopic (exact) mass is 356 g/mol. The van der Waals surface area contributed by atoms with E-state index in [0.29, 0.717) is 19.2 Å². The molecule has 2 amide bonds. The number of rotatable bonds is 6. The Morgan fingerprint density at radius 3 is 2.31 bits per heavy atom. The number of ether oxygens (including phenoxy) is 1. The van der Waals surface area contributed by atoms with Gasteiger partial charge in [-0.15, -0.1) is 0 Å². The van der Waals surface area contributed by atoms with Gasteiger partial charge in [0, 0.05) is 12.6 Å². The van der Waals surface area contributed by atoms with E-state index in [0.717, 1.165) is 29.7 Å². The van der Waals surface area contributed by atoms with Crippen molar-refractivity contribution < 1.29 is 13.9 Å². The van der Waals surface area contributed by atoms with Crippen molar-refractivity contribution >= 4 is 6.03 Å². The highest BCUT2D eigenvalue weighted by molar-refractivity contribution is 5.74. The maximum absolute atomic E-state index is 12.9. The highest BCUT2D eigenvalue weighted by Crippen LogP contribution is 2.17. The second-order valence-electron chi connectivity index (χ2n) is 6.72. The van der Waals surface area contributed by atoms with Gasteiger partial charge in [0.1, 0.15) is 18.2 Å². The Morgan fingerprint density at radius 1 is 0.962 bits per heavy atom. The summed E-state index contributed by atoms with van der Waals surface area (Å²) in [6.07, 6.45) is 5.82. The zero-order chi connectivity index (χ0) is 18.2. The van der Waals surface area contributed by atoms with E-state index in [4.69, 9.17) is 4.74 Å². The van der Waals surface area contributed by atoms with Crippen LogP contribution in [0.5, 0.6) is 5.75 Å². The molecule has 0 unspecified atom stereocenters. The molecule has 1 fully saturated rings. The Bertz CT molecular complexity index is 695. The maximum Gasteiger partial charge on any atom is 0.315 e. The van der Waals surface area contributed by atoms with Crippen LogP contribution in [0.25, 0.3) is 0 Å². The van der Waals surface area contributed by atoms with Crippen LogP contribution < -0.4 is 15.4 Å². The summed E-state index contributed by atoms with van der Waals surface area (Å²) in [5.74, 6) is 0.489. The van der Waals surface area contributed by atoms with E-state index in [1.807, 2.05) is 24.3 Å². The van der Waals surface area contributed by atoms with Crippen LogP contribution in [-0.4, -0.2) is 12.1 Å². The Morgan fingerprint density at radius 2 is 1.62 bits per heavy atom. The van der Waals surface area contributed by atoms with Crippen molar-refractivity contribution in [3.05, 3.63) is 65.5 Å². The number of halogens is 1. The number of hydrogen-bond donors (Lipinski definition) is 2. The molecule has 0 spiro atoms. The highest BCUT2D eigenvalue weighted by atomic mass is 19.1. The lowest BCUT2D eigenvalue weighted by Crippen LogP contribution is -2.42. The van der Waals surface area contributed by atoms with E-state index < -0.39 is 0 Å². The predicted octanol–water partition coefficient (Wildman–Crippen LogP) is 4.54. The second-order valence-corrected chi connectivity index (χ2v) is 6.72. The predicted molar refractivity (Wildman–Crippen MR) is 99.4 cm³/mol. The second kappa shape index (κ2) is 9.22. The van der Waals surface area contributed by atoms with Crippen molar-refractivity contribution in [2.75, 3.05) is 0 Å². The zero-order valence-corrected chi connectivity index (χ0v) is 14.8. The Kier molecular flexibility index (Phi) is 6.47. The molecule has 4 nitrogen and oxygen atoms in total. The van der Waals surface area contributed by atoms with Gasteiger partial charge in [-0.1, -0.05) is 43.5 Å². The number of hydrogen-bond acceptors (Lipinski definition) is 2. The minimum absolute atomic E-state index is 0.103. The lowest BCUT2D eigenvalue weighted by atomic mass is 9.96. The summed E-state index contributed by atoms with van der Waals surface area (Å²) in [5, 5.41) is 5.94. The van der Waals surface area contributed by atoms with Gasteiger partial charge in [0.15, 0.2) is 0 Å². The molecule has 1 aliphatic carbocycles. The first-order valence-corrected chi connectivity index (χ1v) is 9.19. The van der Waals surface area contributed by atoms with Gasteiger partial charge in [0.05, 0.1) is 0 Å². The van der Waals surface area contributed by atoms with E-state index in [1.54, 1.807) is 12.1 Å². The highest BCUT2D eigenvalue weighted by Gasteiger charge is 2.15. The van der Waals surface area contributed by atoms with Crippen LogP contribution in [0.3, 0.4) is 0 Å². The molecule has 5 heteroatoms. The molecule has 2 aromatic rings. The van der Waals surface area contributed by atoms with Gasteiger partial charge < -0.3 is 15.4 Å². The molecule has 0 bridgehead atoms. The largest absolute Gasteiger partial charge is 0.489 e. The van der Waals surface area contributed by atoms with Crippen molar-refractivity contribution in [2.24, 2.45) is 0 Å². The van der Waals surface area contributed by atoms with Crippen LogP contribution in [0, 0.1) is 5.82 Å². The summed E-state index contributed by atoms with van der Waals surface area (Å²) in [5.41, 5.74) is 1.93. The third kappa shape index (κ3) is 5.76. The quantitative estimate of drug-likeness (QED) is 0.798. The Balaban J connectivity index is 1.40. The Hall–Kier alpha value is -2.56. The van der Waals surface area contributed by atoms with Crippen molar-refractivity contribution in [2.45, 2.75) is 51.3 Å². The van der Waals surface area contributed by atoms with Crippen LogP contribution in [0.4, 0.5) is 9.18 Å². The Labute approximate surface area is 153 Å². The molecule has 0 heterocycles. The van der Waals surface area contributed by atoms with Crippen LogP contribution in [-0.2, 0) is 13.2 Å². The van der Waals surface area contributed by atoms with Gasteiger partial charge in [-0.25, -0.2) is 9.18 Å². The van der Waals surface area contributed by atoms with E-state index in [-0.39, 0.29) is 11.8 Å². The van der Waals surface area contributed by atoms with Gasteiger partial charge in [-0.3, -0.25) is 0 Å². The number of urea groups is 1. The molecule has 0 aromatic heterocycles. The maximum atomic E-state index is 12.9. The molecule has 0 aliphatic heterocycles. The van der Waals surface area contributed by atoms with Crippen molar-refractivity contribution in [1.29, 1.82) is 0 Å². The fourth-order valence-electron chi connectivity index (χ4n) is 3.12. The molecule has 138 valence electrons. The lowest BCUT2D eigenvalue weighted by Gasteiger charge is -2.22. The molecular weight excluding hydrogens is 331 g/mol. The fourth-order valence-corrected chi connectivity index (χ4v) is 3.12. The molecule has 2 N–H and O–H groups in total. The summed E-state index contributed by atoms with van der Waals surface area (Å²) in [7, 11) is 0. The van der Waals surface area contributed by atoms with Crippen LogP contribution in [0.15, 0.2) is 48.5 Å². The van der Waals surface area contributed by atoms with Gasteiger partial charge in [0.2, 0.25) is 0 Å². The summed E-state index contributed by atoms with van der Waals surface area (Å²) < 4.78 is 18.6.